The molecule has 1 aliphatic rings. The maximum absolute atomic E-state index is 12.6. The number of nitrogens with zero attached hydrogens (tertiary/aromatic N) is 1. The first-order valence-corrected chi connectivity index (χ1v) is 8.35. The van der Waals surface area contributed by atoms with Crippen molar-refractivity contribution in [2.75, 3.05) is 6.54 Å². The van der Waals surface area contributed by atoms with E-state index in [1.807, 2.05) is 18.2 Å². The molecule has 0 aliphatic carbocycles. The lowest BCUT2D eigenvalue weighted by molar-refractivity contribution is -0.133. The van der Waals surface area contributed by atoms with Gasteiger partial charge in [-0.05, 0) is 36.6 Å². The topological polar surface area (TPSA) is 49.4 Å². The number of rotatable bonds is 3. The Hall–Kier alpha value is -2.33. The fourth-order valence-corrected chi connectivity index (χ4v) is 3.16. The molecule has 0 radical (unpaired) electrons. The monoisotopic (exact) mass is 342 g/mol. The molecular weight excluding hydrogens is 324 g/mol. The van der Waals surface area contributed by atoms with Gasteiger partial charge in [0, 0.05) is 13.1 Å². The zero-order valence-corrected chi connectivity index (χ0v) is 14.2. The van der Waals surface area contributed by atoms with E-state index in [1.165, 1.54) is 11.1 Å². The van der Waals surface area contributed by atoms with E-state index < -0.39 is 6.04 Å². The van der Waals surface area contributed by atoms with Crippen molar-refractivity contribution in [3.8, 4) is 0 Å². The minimum absolute atomic E-state index is 0.0788. The van der Waals surface area contributed by atoms with Gasteiger partial charge in [-0.2, -0.15) is 0 Å². The van der Waals surface area contributed by atoms with Crippen LogP contribution in [0.2, 0.25) is 5.02 Å². The zero-order chi connectivity index (χ0) is 17.1. The SMILES string of the molecule is C[C@@H](NC(=O)c1ccccc1Cl)C(=O)N1CCc2ccccc2C1. The van der Waals surface area contributed by atoms with Crippen LogP contribution in [0.15, 0.2) is 48.5 Å². The van der Waals surface area contributed by atoms with E-state index in [2.05, 4.69) is 11.4 Å². The zero-order valence-electron chi connectivity index (χ0n) is 13.5. The highest BCUT2D eigenvalue weighted by molar-refractivity contribution is 6.33. The van der Waals surface area contributed by atoms with E-state index in [0.717, 1.165) is 6.42 Å². The molecule has 0 spiro atoms. The Morgan fingerprint density at radius 1 is 1.08 bits per heavy atom. The van der Waals surface area contributed by atoms with Crippen molar-refractivity contribution < 1.29 is 9.59 Å². The van der Waals surface area contributed by atoms with Crippen LogP contribution < -0.4 is 5.32 Å². The second-order valence-electron chi connectivity index (χ2n) is 5.95. The molecule has 0 saturated carbocycles. The summed E-state index contributed by atoms with van der Waals surface area (Å²) in [6.45, 7) is 2.96. The van der Waals surface area contributed by atoms with Crippen molar-refractivity contribution >= 4 is 23.4 Å². The van der Waals surface area contributed by atoms with E-state index >= 15 is 0 Å². The fraction of sp³-hybridized carbons (Fsp3) is 0.263. The summed E-state index contributed by atoms with van der Waals surface area (Å²) in [4.78, 5) is 26.7. The lowest BCUT2D eigenvalue weighted by Crippen LogP contribution is -2.48. The standard InChI is InChI=1S/C19H19ClN2O2/c1-13(21-18(23)16-8-4-5-9-17(16)20)19(24)22-11-10-14-6-2-3-7-15(14)12-22/h2-9,13H,10-12H2,1H3,(H,21,23)/t13-/m1/s1. The molecule has 0 aromatic heterocycles. The molecule has 3 rings (SSSR count). The Labute approximate surface area is 146 Å². The van der Waals surface area contributed by atoms with Crippen molar-refractivity contribution in [2.45, 2.75) is 25.9 Å². The molecule has 0 unspecified atom stereocenters. The fourth-order valence-electron chi connectivity index (χ4n) is 2.94. The van der Waals surface area contributed by atoms with Gasteiger partial charge < -0.3 is 10.2 Å². The van der Waals surface area contributed by atoms with E-state index in [0.29, 0.717) is 23.7 Å². The van der Waals surface area contributed by atoms with Gasteiger partial charge >= 0.3 is 0 Å². The van der Waals surface area contributed by atoms with Gasteiger partial charge in [-0.15, -0.1) is 0 Å². The summed E-state index contributed by atoms with van der Waals surface area (Å²) < 4.78 is 0. The molecular formula is C19H19ClN2O2. The highest BCUT2D eigenvalue weighted by atomic mass is 35.5. The van der Waals surface area contributed by atoms with Crippen LogP contribution in [0.3, 0.4) is 0 Å². The molecule has 1 atom stereocenters. The average molecular weight is 343 g/mol. The smallest absolute Gasteiger partial charge is 0.253 e. The minimum Gasteiger partial charge on any atom is -0.340 e. The molecule has 124 valence electrons. The van der Waals surface area contributed by atoms with E-state index in [1.54, 1.807) is 36.1 Å². The van der Waals surface area contributed by atoms with Crippen LogP contribution in [0.4, 0.5) is 0 Å². The molecule has 0 saturated heterocycles. The predicted octanol–water partition coefficient (Wildman–Crippen LogP) is 3.04. The Balaban J connectivity index is 1.65. The van der Waals surface area contributed by atoms with Gasteiger partial charge in [-0.3, -0.25) is 9.59 Å². The van der Waals surface area contributed by atoms with Crippen LogP contribution in [0.5, 0.6) is 0 Å². The second-order valence-corrected chi connectivity index (χ2v) is 6.36. The molecule has 24 heavy (non-hydrogen) atoms. The molecule has 1 aliphatic heterocycles. The number of carbonyl (C=O) groups is 2. The van der Waals surface area contributed by atoms with Crippen LogP contribution >= 0.6 is 11.6 Å². The molecule has 4 nitrogen and oxygen atoms in total. The molecule has 2 aromatic rings. The van der Waals surface area contributed by atoms with Crippen molar-refractivity contribution in [1.82, 2.24) is 10.2 Å². The second kappa shape index (κ2) is 7.05. The maximum atomic E-state index is 12.6. The predicted molar refractivity (Wildman–Crippen MR) is 93.9 cm³/mol. The van der Waals surface area contributed by atoms with Crippen LogP contribution in [-0.4, -0.2) is 29.3 Å². The summed E-state index contributed by atoms with van der Waals surface area (Å²) in [6, 6.07) is 14.4. The number of nitrogens with one attached hydrogen (secondary N) is 1. The van der Waals surface area contributed by atoms with E-state index in [9.17, 15) is 9.59 Å². The van der Waals surface area contributed by atoms with Crippen LogP contribution in [0.25, 0.3) is 0 Å². The third kappa shape index (κ3) is 3.44. The van der Waals surface area contributed by atoms with Crippen molar-refractivity contribution in [2.24, 2.45) is 0 Å². The number of halogens is 1. The van der Waals surface area contributed by atoms with Gasteiger partial charge in [-0.25, -0.2) is 0 Å². The molecule has 0 fully saturated rings. The summed E-state index contributed by atoms with van der Waals surface area (Å²) in [5.41, 5.74) is 2.83. The summed E-state index contributed by atoms with van der Waals surface area (Å²) in [5, 5.41) is 3.12. The summed E-state index contributed by atoms with van der Waals surface area (Å²) in [7, 11) is 0. The first-order chi connectivity index (χ1) is 11.6. The van der Waals surface area contributed by atoms with Gasteiger partial charge in [0.25, 0.3) is 5.91 Å². The lowest BCUT2D eigenvalue weighted by atomic mass is 9.99. The number of hydrogen-bond acceptors (Lipinski definition) is 2. The number of fused-ring (bicyclic) bond motifs is 1. The molecule has 1 N–H and O–H groups in total. The van der Waals surface area contributed by atoms with Gasteiger partial charge in [0.05, 0.1) is 10.6 Å². The Morgan fingerprint density at radius 3 is 2.50 bits per heavy atom. The number of amides is 2. The quantitative estimate of drug-likeness (QED) is 0.932. The van der Waals surface area contributed by atoms with Gasteiger partial charge in [0.15, 0.2) is 0 Å². The third-order valence-corrected chi connectivity index (χ3v) is 4.61. The van der Waals surface area contributed by atoms with Crippen LogP contribution in [0.1, 0.15) is 28.4 Å². The maximum Gasteiger partial charge on any atom is 0.253 e. The first-order valence-electron chi connectivity index (χ1n) is 7.97. The van der Waals surface area contributed by atoms with Crippen molar-refractivity contribution in [3.63, 3.8) is 0 Å². The summed E-state index contributed by atoms with van der Waals surface area (Å²) in [5.74, 6) is -0.413. The molecule has 1 heterocycles. The number of benzene rings is 2. The number of hydrogen-bond donors (Lipinski definition) is 1. The molecule has 0 bridgehead atoms. The molecule has 5 heteroatoms. The van der Waals surface area contributed by atoms with Crippen LogP contribution in [0, 0.1) is 0 Å². The Bertz CT molecular complexity index is 775. The van der Waals surface area contributed by atoms with Crippen LogP contribution in [-0.2, 0) is 17.8 Å². The minimum atomic E-state index is -0.598. The molecule has 2 amide bonds. The van der Waals surface area contributed by atoms with Gasteiger partial charge in [0.2, 0.25) is 5.91 Å². The first kappa shape index (κ1) is 16.5. The van der Waals surface area contributed by atoms with Crippen molar-refractivity contribution in [1.29, 1.82) is 0 Å². The number of carbonyl (C=O) groups excluding carboxylic acids is 2. The Kier molecular flexibility index (Phi) is 4.86. The van der Waals surface area contributed by atoms with E-state index in [-0.39, 0.29) is 11.8 Å². The largest absolute Gasteiger partial charge is 0.340 e. The van der Waals surface area contributed by atoms with E-state index in [4.69, 9.17) is 11.6 Å². The van der Waals surface area contributed by atoms with Crippen molar-refractivity contribution in [3.05, 3.63) is 70.2 Å². The average Bonchev–Trinajstić information content (AvgIpc) is 2.60. The normalized spacial score (nSPS) is 14.7. The summed E-state index contributed by atoms with van der Waals surface area (Å²) >= 11 is 6.03. The van der Waals surface area contributed by atoms with Gasteiger partial charge in [-0.1, -0.05) is 48.0 Å². The van der Waals surface area contributed by atoms with Gasteiger partial charge in [0.1, 0.15) is 6.04 Å². The lowest BCUT2D eigenvalue weighted by Gasteiger charge is -2.31. The molecule has 2 aromatic carbocycles. The summed E-state index contributed by atoms with van der Waals surface area (Å²) in [6.07, 6.45) is 0.840. The Morgan fingerprint density at radius 2 is 1.75 bits per heavy atom. The third-order valence-electron chi connectivity index (χ3n) is 4.28. The highest BCUT2D eigenvalue weighted by Crippen LogP contribution is 2.19. The highest BCUT2D eigenvalue weighted by Gasteiger charge is 2.26.